The van der Waals surface area contributed by atoms with Crippen LogP contribution in [0.1, 0.15) is 31.4 Å². The largest absolute Gasteiger partial charge is 0.464 e. The van der Waals surface area contributed by atoms with E-state index in [0.29, 0.717) is 22.3 Å². The topological polar surface area (TPSA) is 107 Å². The zero-order chi connectivity index (χ0) is 24.5. The zero-order valence-corrected chi connectivity index (χ0v) is 19.7. The van der Waals surface area contributed by atoms with Crippen LogP contribution in [0.15, 0.2) is 57.7 Å². The Morgan fingerprint density at radius 1 is 1.21 bits per heavy atom. The molecule has 0 bridgehead atoms. The number of aryl methyl sites for hydroxylation is 1. The third kappa shape index (κ3) is 4.99. The molecule has 8 heteroatoms. The van der Waals surface area contributed by atoms with Gasteiger partial charge in [0.15, 0.2) is 0 Å². The van der Waals surface area contributed by atoms with E-state index in [1.807, 2.05) is 44.2 Å². The summed E-state index contributed by atoms with van der Waals surface area (Å²) in [4.78, 5) is 25.0. The predicted octanol–water partition coefficient (Wildman–Crippen LogP) is 3.56. The molecule has 34 heavy (non-hydrogen) atoms. The molecule has 180 valence electrons. The number of benzene rings is 2. The number of hydrogen-bond acceptors (Lipinski definition) is 7. The summed E-state index contributed by atoms with van der Waals surface area (Å²) in [7, 11) is 1.54. The van der Waals surface area contributed by atoms with Gasteiger partial charge >= 0.3 is 5.63 Å². The monoisotopic (exact) mass is 467 g/mol. The quantitative estimate of drug-likeness (QED) is 0.534. The van der Waals surface area contributed by atoms with E-state index in [-0.39, 0.29) is 24.4 Å². The highest BCUT2D eigenvalue weighted by molar-refractivity contribution is 5.94. The second kappa shape index (κ2) is 9.58. The van der Waals surface area contributed by atoms with Gasteiger partial charge in [0.25, 0.3) is 0 Å². The van der Waals surface area contributed by atoms with E-state index in [1.54, 1.807) is 25.1 Å². The number of anilines is 1. The van der Waals surface area contributed by atoms with Crippen molar-refractivity contribution in [1.29, 1.82) is 0 Å². The minimum atomic E-state index is -0.750. The van der Waals surface area contributed by atoms with Crippen LogP contribution in [0.25, 0.3) is 11.0 Å². The van der Waals surface area contributed by atoms with Crippen LogP contribution in [-0.4, -0.2) is 42.2 Å². The number of rotatable bonds is 6. The first-order valence-electron chi connectivity index (χ1n) is 11.1. The molecule has 8 nitrogen and oxygen atoms in total. The van der Waals surface area contributed by atoms with Crippen LogP contribution in [0, 0.1) is 6.92 Å². The molecule has 0 aliphatic carbocycles. The molecule has 3 aromatic rings. The van der Waals surface area contributed by atoms with Gasteiger partial charge in [0.1, 0.15) is 23.1 Å². The van der Waals surface area contributed by atoms with Gasteiger partial charge < -0.3 is 29.1 Å². The molecule has 2 N–H and O–H groups in total. The highest BCUT2D eigenvalue weighted by Crippen LogP contribution is 2.34. The number of nitrogens with one attached hydrogen (secondary N) is 1. The molecule has 4 rings (SSSR count). The molecule has 0 saturated carbocycles. The molecule has 1 amide bonds. The van der Waals surface area contributed by atoms with Gasteiger partial charge in [-0.15, -0.1) is 0 Å². The highest BCUT2D eigenvalue weighted by Gasteiger charge is 2.44. The lowest BCUT2D eigenvalue weighted by Crippen LogP contribution is -2.56. The summed E-state index contributed by atoms with van der Waals surface area (Å²) >= 11 is 0. The van der Waals surface area contributed by atoms with Gasteiger partial charge in [-0.2, -0.15) is 0 Å². The van der Waals surface area contributed by atoms with Crippen molar-refractivity contribution in [3.8, 4) is 5.75 Å². The summed E-state index contributed by atoms with van der Waals surface area (Å²) in [5.41, 5.74) is 0.491. The average Bonchev–Trinajstić information content (AvgIpc) is 2.77. The number of aliphatic hydroxyl groups is 1. The Hall–Kier alpha value is -3.20. The van der Waals surface area contributed by atoms with Gasteiger partial charge in [0, 0.05) is 24.5 Å². The SMILES string of the molecule is CO[C@@H]1[C@@H](O)C[C@H](Oc2ccc3cc(NC(=O)Cc4ccccc4)c(=O)oc3c2C)OC1(C)C. The van der Waals surface area contributed by atoms with Gasteiger partial charge in [-0.3, -0.25) is 4.79 Å². The normalized spacial score (nSPS) is 21.9. The number of hydrogen-bond donors (Lipinski definition) is 2. The van der Waals surface area contributed by atoms with Crippen LogP contribution in [0.4, 0.5) is 5.69 Å². The van der Waals surface area contributed by atoms with E-state index >= 15 is 0 Å². The Kier molecular flexibility index (Phi) is 6.74. The number of carbonyl (C=O) groups excluding carboxylic acids is 1. The van der Waals surface area contributed by atoms with Crippen LogP contribution < -0.4 is 15.7 Å². The summed E-state index contributed by atoms with van der Waals surface area (Å²) in [5.74, 6) is 0.167. The molecule has 3 atom stereocenters. The lowest BCUT2D eigenvalue weighted by molar-refractivity contribution is -0.264. The zero-order valence-electron chi connectivity index (χ0n) is 19.7. The summed E-state index contributed by atoms with van der Waals surface area (Å²) in [6.07, 6.45) is -1.54. The molecule has 2 aromatic carbocycles. The van der Waals surface area contributed by atoms with Crippen LogP contribution >= 0.6 is 0 Å². The van der Waals surface area contributed by atoms with Crippen molar-refractivity contribution in [2.45, 2.75) is 57.7 Å². The molecule has 1 aromatic heterocycles. The fraction of sp³-hybridized carbons (Fsp3) is 0.385. The summed E-state index contributed by atoms with van der Waals surface area (Å²) in [6.45, 7) is 5.44. The molecule has 2 heterocycles. The van der Waals surface area contributed by atoms with E-state index < -0.39 is 29.7 Å². The van der Waals surface area contributed by atoms with E-state index in [9.17, 15) is 14.7 Å². The second-order valence-corrected chi connectivity index (χ2v) is 8.99. The molecular formula is C26H29NO7. The van der Waals surface area contributed by atoms with Crippen LogP contribution in [0.2, 0.25) is 0 Å². The number of carbonyl (C=O) groups is 1. The van der Waals surface area contributed by atoms with E-state index in [4.69, 9.17) is 18.6 Å². The Balaban J connectivity index is 1.53. The Morgan fingerprint density at radius 3 is 2.62 bits per heavy atom. The summed E-state index contributed by atoms with van der Waals surface area (Å²) in [6, 6.07) is 14.4. The number of aliphatic hydroxyl groups excluding tert-OH is 1. The Labute approximate surface area is 197 Å². The third-order valence-electron chi connectivity index (χ3n) is 6.00. The van der Waals surface area contributed by atoms with E-state index in [1.165, 1.54) is 7.11 Å². The third-order valence-corrected chi connectivity index (χ3v) is 6.00. The smallest absolute Gasteiger partial charge is 0.360 e. The number of amides is 1. The first-order chi connectivity index (χ1) is 16.2. The molecule has 1 aliphatic rings. The highest BCUT2D eigenvalue weighted by atomic mass is 16.7. The molecule has 0 radical (unpaired) electrons. The summed E-state index contributed by atoms with van der Waals surface area (Å²) < 4.78 is 22.9. The van der Waals surface area contributed by atoms with E-state index in [0.717, 1.165) is 5.56 Å². The molecule has 1 aliphatic heterocycles. The van der Waals surface area contributed by atoms with Crippen molar-refractivity contribution < 1.29 is 28.5 Å². The predicted molar refractivity (Wildman–Crippen MR) is 127 cm³/mol. The fourth-order valence-corrected chi connectivity index (χ4v) is 4.39. The first kappa shape index (κ1) is 23.9. The number of ether oxygens (including phenoxy) is 3. The lowest BCUT2D eigenvalue weighted by atomic mass is 9.91. The second-order valence-electron chi connectivity index (χ2n) is 8.99. The minimum absolute atomic E-state index is 0.0765. The van der Waals surface area contributed by atoms with Crippen molar-refractivity contribution in [2.24, 2.45) is 0 Å². The fourth-order valence-electron chi connectivity index (χ4n) is 4.39. The van der Waals surface area contributed by atoms with Crippen molar-refractivity contribution in [2.75, 3.05) is 12.4 Å². The average molecular weight is 468 g/mol. The van der Waals surface area contributed by atoms with Gasteiger partial charge in [-0.1, -0.05) is 30.3 Å². The Morgan fingerprint density at radius 2 is 1.94 bits per heavy atom. The maximum Gasteiger partial charge on any atom is 0.360 e. The van der Waals surface area contributed by atoms with Crippen molar-refractivity contribution in [3.63, 3.8) is 0 Å². The van der Waals surface area contributed by atoms with Crippen molar-refractivity contribution in [1.82, 2.24) is 0 Å². The maximum absolute atomic E-state index is 12.6. The molecular weight excluding hydrogens is 438 g/mol. The molecule has 1 fully saturated rings. The first-order valence-corrected chi connectivity index (χ1v) is 11.1. The molecule has 0 unspecified atom stereocenters. The van der Waals surface area contributed by atoms with Crippen molar-refractivity contribution in [3.05, 3.63) is 70.1 Å². The van der Waals surface area contributed by atoms with Crippen LogP contribution in [0.5, 0.6) is 5.75 Å². The maximum atomic E-state index is 12.6. The van der Waals surface area contributed by atoms with Crippen LogP contribution in [-0.2, 0) is 20.7 Å². The van der Waals surface area contributed by atoms with E-state index in [2.05, 4.69) is 5.32 Å². The number of fused-ring (bicyclic) bond motifs is 1. The van der Waals surface area contributed by atoms with Crippen LogP contribution in [0.3, 0.4) is 0 Å². The molecule has 0 spiro atoms. The Bertz CT molecular complexity index is 1240. The van der Waals surface area contributed by atoms with Gasteiger partial charge in [-0.25, -0.2) is 4.79 Å². The number of methoxy groups -OCH3 is 1. The van der Waals surface area contributed by atoms with Gasteiger partial charge in [0.2, 0.25) is 12.2 Å². The minimum Gasteiger partial charge on any atom is -0.464 e. The lowest BCUT2D eigenvalue weighted by Gasteiger charge is -2.44. The standard InChI is InChI=1S/C26H29NO7/c1-15-20(32-22-14-19(28)24(31-4)26(2,3)34-22)11-10-17-13-18(25(30)33-23(15)17)27-21(29)12-16-8-6-5-7-9-16/h5-11,13,19,22,24,28H,12,14H2,1-4H3,(H,27,29)/t19-,22+,24+/m0/s1. The molecule has 1 saturated heterocycles. The van der Waals surface area contributed by atoms with Gasteiger partial charge in [-0.05, 0) is 44.5 Å². The summed E-state index contributed by atoms with van der Waals surface area (Å²) in [5, 5.41) is 13.7. The van der Waals surface area contributed by atoms with Crippen molar-refractivity contribution >= 4 is 22.6 Å². The van der Waals surface area contributed by atoms with Gasteiger partial charge in [0.05, 0.1) is 18.1 Å².